The van der Waals surface area contributed by atoms with Crippen LogP contribution in [0.25, 0.3) is 0 Å². The largest absolute Gasteiger partial charge is 0.309 e. The van der Waals surface area contributed by atoms with Gasteiger partial charge in [-0.25, -0.2) is 0 Å². The second kappa shape index (κ2) is 6.00. The van der Waals surface area contributed by atoms with Gasteiger partial charge < -0.3 is 5.32 Å². The molecule has 2 aromatic rings. The SMILES string of the molecule is CCc1ccc(C(NC)c2ccc(C)cc2Br)s1. The normalized spacial score (nSPS) is 12.7. The Morgan fingerprint density at radius 2 is 2.06 bits per heavy atom. The molecular weight excluding hydrogens is 306 g/mol. The van der Waals surface area contributed by atoms with E-state index in [0.29, 0.717) is 0 Å². The third kappa shape index (κ3) is 2.85. The zero-order valence-electron chi connectivity index (χ0n) is 11.0. The molecule has 3 heteroatoms. The summed E-state index contributed by atoms with van der Waals surface area (Å²) >= 11 is 5.56. The van der Waals surface area contributed by atoms with Crippen LogP contribution in [0, 0.1) is 6.92 Å². The standard InChI is InChI=1S/C15H18BrNS/c1-4-11-6-8-14(18-11)15(17-3)12-7-5-10(2)9-13(12)16/h5-9,15,17H,4H2,1-3H3. The van der Waals surface area contributed by atoms with Crippen molar-refractivity contribution in [2.75, 3.05) is 7.05 Å². The molecule has 0 amide bonds. The number of thiophene rings is 1. The molecule has 0 saturated carbocycles. The van der Waals surface area contributed by atoms with Crippen molar-refractivity contribution in [3.63, 3.8) is 0 Å². The van der Waals surface area contributed by atoms with Crippen LogP contribution in [0.5, 0.6) is 0 Å². The van der Waals surface area contributed by atoms with Crippen LogP contribution in [0.15, 0.2) is 34.8 Å². The smallest absolute Gasteiger partial charge is 0.0679 e. The molecule has 0 saturated heterocycles. The van der Waals surface area contributed by atoms with Gasteiger partial charge in [-0.3, -0.25) is 0 Å². The number of hydrogen-bond acceptors (Lipinski definition) is 2. The van der Waals surface area contributed by atoms with Crippen molar-refractivity contribution < 1.29 is 0 Å². The van der Waals surface area contributed by atoms with E-state index in [0.717, 1.165) is 6.42 Å². The first kappa shape index (κ1) is 13.8. The molecule has 0 spiro atoms. The molecule has 0 fully saturated rings. The van der Waals surface area contributed by atoms with Crippen LogP contribution in [-0.2, 0) is 6.42 Å². The van der Waals surface area contributed by atoms with Gasteiger partial charge in [-0.05, 0) is 49.7 Å². The molecule has 2 rings (SSSR count). The second-order valence-corrected chi connectivity index (χ2v) is 6.46. The Labute approximate surface area is 121 Å². The van der Waals surface area contributed by atoms with Gasteiger partial charge in [-0.15, -0.1) is 11.3 Å². The highest BCUT2D eigenvalue weighted by molar-refractivity contribution is 9.10. The summed E-state index contributed by atoms with van der Waals surface area (Å²) in [7, 11) is 2.02. The molecule has 0 bridgehead atoms. The molecule has 96 valence electrons. The van der Waals surface area contributed by atoms with Crippen LogP contribution in [0.4, 0.5) is 0 Å². The number of hydrogen-bond donors (Lipinski definition) is 1. The lowest BCUT2D eigenvalue weighted by atomic mass is 10.0. The van der Waals surface area contributed by atoms with E-state index in [4.69, 9.17) is 0 Å². The minimum atomic E-state index is 0.269. The fourth-order valence-electron chi connectivity index (χ4n) is 2.06. The van der Waals surface area contributed by atoms with Gasteiger partial charge in [0, 0.05) is 14.2 Å². The summed E-state index contributed by atoms with van der Waals surface area (Å²) in [6, 6.07) is 11.3. The highest BCUT2D eigenvalue weighted by Crippen LogP contribution is 2.33. The predicted molar refractivity (Wildman–Crippen MR) is 83.5 cm³/mol. The van der Waals surface area contributed by atoms with Gasteiger partial charge in [0.25, 0.3) is 0 Å². The Hall–Kier alpha value is -0.640. The Morgan fingerprint density at radius 1 is 1.28 bits per heavy atom. The van der Waals surface area contributed by atoms with Crippen molar-refractivity contribution >= 4 is 27.3 Å². The van der Waals surface area contributed by atoms with Crippen LogP contribution in [0.3, 0.4) is 0 Å². The highest BCUT2D eigenvalue weighted by atomic mass is 79.9. The van der Waals surface area contributed by atoms with Crippen LogP contribution >= 0.6 is 27.3 Å². The quantitative estimate of drug-likeness (QED) is 0.860. The van der Waals surface area contributed by atoms with Crippen LogP contribution < -0.4 is 5.32 Å². The summed E-state index contributed by atoms with van der Waals surface area (Å²) in [6.07, 6.45) is 1.11. The van der Waals surface area contributed by atoms with Crippen molar-refractivity contribution in [1.82, 2.24) is 5.32 Å². The summed E-state index contributed by atoms with van der Waals surface area (Å²) in [5.74, 6) is 0. The molecule has 0 aliphatic rings. The molecule has 0 aliphatic heterocycles. The summed E-state index contributed by atoms with van der Waals surface area (Å²) < 4.78 is 1.17. The lowest BCUT2D eigenvalue weighted by molar-refractivity contribution is 0.700. The average Bonchev–Trinajstić information content (AvgIpc) is 2.81. The Morgan fingerprint density at radius 3 is 2.61 bits per heavy atom. The van der Waals surface area contributed by atoms with Gasteiger partial charge in [-0.1, -0.05) is 35.0 Å². The van der Waals surface area contributed by atoms with Crippen molar-refractivity contribution in [2.45, 2.75) is 26.3 Å². The molecule has 18 heavy (non-hydrogen) atoms. The zero-order chi connectivity index (χ0) is 13.1. The topological polar surface area (TPSA) is 12.0 Å². The minimum Gasteiger partial charge on any atom is -0.309 e. The van der Waals surface area contributed by atoms with Gasteiger partial charge in [-0.2, -0.15) is 0 Å². The summed E-state index contributed by atoms with van der Waals surface area (Å²) in [4.78, 5) is 2.81. The molecule has 0 aliphatic carbocycles. The maximum Gasteiger partial charge on any atom is 0.0679 e. The zero-order valence-corrected chi connectivity index (χ0v) is 13.4. The first-order valence-electron chi connectivity index (χ1n) is 6.17. The average molecular weight is 324 g/mol. The first-order valence-corrected chi connectivity index (χ1v) is 7.78. The van der Waals surface area contributed by atoms with Crippen molar-refractivity contribution in [3.8, 4) is 0 Å². The predicted octanol–water partition coefficient (Wildman–Crippen LogP) is 4.69. The van der Waals surface area contributed by atoms with E-state index in [1.165, 1.54) is 25.4 Å². The molecule has 1 atom stereocenters. The van der Waals surface area contributed by atoms with Gasteiger partial charge >= 0.3 is 0 Å². The fraction of sp³-hybridized carbons (Fsp3) is 0.333. The van der Waals surface area contributed by atoms with E-state index in [2.05, 4.69) is 65.4 Å². The Kier molecular flexibility index (Phi) is 4.60. The van der Waals surface area contributed by atoms with Gasteiger partial charge in [0.2, 0.25) is 0 Å². The molecule has 1 aromatic carbocycles. The first-order chi connectivity index (χ1) is 8.65. The number of halogens is 1. The molecule has 0 radical (unpaired) electrons. The maximum absolute atomic E-state index is 3.67. The fourth-order valence-corrected chi connectivity index (χ4v) is 3.86. The Balaban J connectivity index is 2.38. The summed E-state index contributed by atoms with van der Waals surface area (Å²) in [5.41, 5.74) is 2.58. The van der Waals surface area contributed by atoms with E-state index in [1.54, 1.807) is 0 Å². The van der Waals surface area contributed by atoms with Crippen LogP contribution in [0.1, 0.15) is 33.8 Å². The molecule has 1 unspecified atom stereocenters. The lowest BCUT2D eigenvalue weighted by Crippen LogP contribution is -2.17. The van der Waals surface area contributed by atoms with Gasteiger partial charge in [0.15, 0.2) is 0 Å². The highest BCUT2D eigenvalue weighted by Gasteiger charge is 2.16. The molecule has 1 heterocycles. The van der Waals surface area contributed by atoms with Crippen molar-refractivity contribution in [3.05, 3.63) is 55.7 Å². The molecule has 1 N–H and O–H groups in total. The number of aryl methyl sites for hydroxylation is 2. The van der Waals surface area contributed by atoms with Crippen molar-refractivity contribution in [1.29, 1.82) is 0 Å². The minimum absolute atomic E-state index is 0.269. The third-order valence-electron chi connectivity index (χ3n) is 3.07. The van der Waals surface area contributed by atoms with Crippen LogP contribution in [-0.4, -0.2) is 7.05 Å². The van der Waals surface area contributed by atoms with Gasteiger partial charge in [0.05, 0.1) is 6.04 Å². The van der Waals surface area contributed by atoms with Crippen LogP contribution in [0.2, 0.25) is 0 Å². The number of benzene rings is 1. The van der Waals surface area contributed by atoms with Crippen molar-refractivity contribution in [2.24, 2.45) is 0 Å². The number of nitrogens with one attached hydrogen (secondary N) is 1. The monoisotopic (exact) mass is 323 g/mol. The van der Waals surface area contributed by atoms with E-state index in [-0.39, 0.29) is 6.04 Å². The Bertz CT molecular complexity index is 533. The van der Waals surface area contributed by atoms with E-state index in [9.17, 15) is 0 Å². The lowest BCUT2D eigenvalue weighted by Gasteiger charge is -2.17. The second-order valence-electron chi connectivity index (χ2n) is 4.40. The third-order valence-corrected chi connectivity index (χ3v) is 5.05. The molecule has 1 nitrogen and oxygen atoms in total. The van der Waals surface area contributed by atoms with Gasteiger partial charge in [0.1, 0.15) is 0 Å². The molecule has 1 aromatic heterocycles. The summed E-state index contributed by atoms with van der Waals surface area (Å²) in [5, 5.41) is 3.41. The maximum atomic E-state index is 3.67. The number of rotatable bonds is 4. The molecular formula is C15H18BrNS. The van der Waals surface area contributed by atoms with E-state index >= 15 is 0 Å². The van der Waals surface area contributed by atoms with E-state index in [1.807, 2.05) is 18.4 Å². The summed E-state index contributed by atoms with van der Waals surface area (Å²) in [6.45, 7) is 4.31. The van der Waals surface area contributed by atoms with E-state index < -0.39 is 0 Å².